The van der Waals surface area contributed by atoms with E-state index in [1.807, 2.05) is 0 Å². The molecule has 0 heterocycles. The fourth-order valence-electron chi connectivity index (χ4n) is 1.38. The van der Waals surface area contributed by atoms with E-state index in [1.165, 1.54) is 19.3 Å². The first kappa shape index (κ1) is 8.32. The van der Waals surface area contributed by atoms with Crippen LogP contribution in [0.3, 0.4) is 0 Å². The van der Waals surface area contributed by atoms with Crippen molar-refractivity contribution in [1.82, 2.24) is 0 Å². The Morgan fingerprint density at radius 2 is 1.90 bits per heavy atom. The molecule has 2 nitrogen and oxygen atoms in total. The maximum absolute atomic E-state index is 8.87. The summed E-state index contributed by atoms with van der Waals surface area (Å²) >= 11 is 0. The Hall–Kier alpha value is 0.220. The van der Waals surface area contributed by atoms with E-state index in [2.05, 4.69) is 6.30 Å². The molecule has 1 saturated carbocycles. The zero-order valence-corrected chi connectivity index (χ0v) is 7.18. The van der Waals surface area contributed by atoms with E-state index >= 15 is 0 Å². The summed E-state index contributed by atoms with van der Waals surface area (Å²) in [6, 6.07) is 0. The van der Waals surface area contributed by atoms with Crippen LogP contribution in [0.1, 0.15) is 32.1 Å². The highest BCUT2D eigenvalue weighted by molar-refractivity contribution is 7.44. The first-order valence-corrected chi connectivity index (χ1v) is 5.40. The van der Waals surface area contributed by atoms with Crippen molar-refractivity contribution in [1.29, 1.82) is 0 Å². The molecule has 10 heavy (non-hydrogen) atoms. The van der Waals surface area contributed by atoms with Gasteiger partial charge in [0.2, 0.25) is 0 Å². The van der Waals surface area contributed by atoms with Gasteiger partial charge in [0, 0.05) is 0 Å². The van der Waals surface area contributed by atoms with Crippen molar-refractivity contribution in [2.45, 2.75) is 38.2 Å². The quantitative estimate of drug-likeness (QED) is 0.627. The zero-order chi connectivity index (χ0) is 7.40. The summed E-state index contributed by atoms with van der Waals surface area (Å²) < 4.78 is 5.24. The Morgan fingerprint density at radius 3 is 2.40 bits per heavy atom. The van der Waals surface area contributed by atoms with Crippen LogP contribution >= 0.6 is 8.00 Å². The van der Waals surface area contributed by atoms with Crippen LogP contribution in [0, 0.1) is 0 Å². The highest BCUT2D eigenvalue weighted by Gasteiger charge is 2.13. The molecule has 0 aliphatic heterocycles. The molecule has 1 rings (SSSR count). The second-order valence-electron chi connectivity index (χ2n) is 2.77. The summed E-state index contributed by atoms with van der Waals surface area (Å²) in [7, 11) is -1.68. The topological polar surface area (TPSA) is 29.5 Å². The second-order valence-corrected chi connectivity index (χ2v) is 3.79. The number of rotatable bonds is 2. The van der Waals surface area contributed by atoms with Gasteiger partial charge in [-0.25, -0.2) is 0 Å². The lowest BCUT2D eigenvalue weighted by molar-refractivity contribution is 0.163. The fraction of sp³-hybridized carbons (Fsp3) is 0.857. The minimum absolute atomic E-state index is 0.310. The Labute approximate surface area is 62.8 Å². The molecule has 1 N–H and O–H groups in total. The average Bonchev–Trinajstić information content (AvgIpc) is 1.88. The van der Waals surface area contributed by atoms with Crippen LogP contribution < -0.4 is 0 Å². The summed E-state index contributed by atoms with van der Waals surface area (Å²) in [5, 5.41) is 0. The molecule has 0 aromatic rings. The van der Waals surface area contributed by atoms with Crippen molar-refractivity contribution in [2.24, 2.45) is 0 Å². The highest BCUT2D eigenvalue weighted by atomic mass is 31.1. The monoisotopic (exact) mass is 162 g/mol. The summed E-state index contributed by atoms with van der Waals surface area (Å²) in [6.45, 7) is 0. The smallest absolute Gasteiger partial charge is 0.102 e. The van der Waals surface area contributed by atoms with Gasteiger partial charge >= 0.3 is 0 Å². The first-order chi connectivity index (χ1) is 4.79. The van der Waals surface area contributed by atoms with E-state index in [0.717, 1.165) is 12.8 Å². The third kappa shape index (κ3) is 2.87. The molecule has 1 atom stereocenters. The average molecular weight is 162 g/mol. The maximum Gasteiger partial charge on any atom is 0.102 e. The summed E-state index contributed by atoms with van der Waals surface area (Å²) in [6.07, 6.45) is 9.83. The molecule has 0 aromatic carbocycles. The molecule has 3 heteroatoms. The van der Waals surface area contributed by atoms with Crippen molar-refractivity contribution in [3.05, 3.63) is 0 Å². The predicted octanol–water partition coefficient (Wildman–Crippen LogP) is 1.80. The Morgan fingerprint density at radius 1 is 1.30 bits per heavy atom. The largest absolute Gasteiger partial charge is 0.355 e. The molecule has 0 spiro atoms. The van der Waals surface area contributed by atoms with Gasteiger partial charge in [0.05, 0.1) is 6.10 Å². The SMILES string of the molecule is C=[PH](O)OC1CCCCC1. The molecule has 0 amide bonds. The van der Waals surface area contributed by atoms with Crippen LogP contribution in [0.4, 0.5) is 0 Å². The summed E-state index contributed by atoms with van der Waals surface area (Å²) in [5.41, 5.74) is 0. The molecule has 0 radical (unpaired) electrons. The summed E-state index contributed by atoms with van der Waals surface area (Å²) in [5.74, 6) is 0. The lowest BCUT2D eigenvalue weighted by Crippen LogP contribution is -2.12. The van der Waals surface area contributed by atoms with E-state index in [9.17, 15) is 0 Å². The normalized spacial score (nSPS) is 24.5. The highest BCUT2D eigenvalue weighted by Crippen LogP contribution is 2.27. The van der Waals surface area contributed by atoms with Crippen molar-refractivity contribution in [3.63, 3.8) is 0 Å². The molecule has 1 aliphatic carbocycles. The molecular formula is C7H15O2P. The van der Waals surface area contributed by atoms with Crippen LogP contribution in [0.5, 0.6) is 0 Å². The van der Waals surface area contributed by atoms with Gasteiger partial charge in [-0.1, -0.05) is 25.6 Å². The van der Waals surface area contributed by atoms with Crippen LogP contribution in [0.15, 0.2) is 0 Å². The molecule has 60 valence electrons. The van der Waals surface area contributed by atoms with Crippen molar-refractivity contribution < 1.29 is 9.42 Å². The third-order valence-corrected chi connectivity index (χ3v) is 2.46. The van der Waals surface area contributed by atoms with Gasteiger partial charge < -0.3 is 9.42 Å². The van der Waals surface area contributed by atoms with Crippen molar-refractivity contribution in [2.75, 3.05) is 0 Å². The zero-order valence-electron chi connectivity index (χ0n) is 6.18. The van der Waals surface area contributed by atoms with E-state index in [0.29, 0.717) is 6.10 Å². The minimum atomic E-state index is -1.68. The van der Waals surface area contributed by atoms with Crippen molar-refractivity contribution >= 4 is 14.3 Å². The Bertz CT molecular complexity index is 119. The molecule has 0 saturated heterocycles. The van der Waals surface area contributed by atoms with Gasteiger partial charge in [0.1, 0.15) is 8.00 Å². The van der Waals surface area contributed by atoms with Gasteiger partial charge in [-0.15, -0.1) is 0 Å². The van der Waals surface area contributed by atoms with E-state index in [-0.39, 0.29) is 0 Å². The second kappa shape index (κ2) is 4.17. The van der Waals surface area contributed by atoms with Crippen LogP contribution in [0.2, 0.25) is 0 Å². The van der Waals surface area contributed by atoms with Gasteiger partial charge in [-0.3, -0.25) is 0 Å². The van der Waals surface area contributed by atoms with Crippen molar-refractivity contribution in [3.8, 4) is 0 Å². The van der Waals surface area contributed by atoms with Crippen LogP contribution in [0.25, 0.3) is 0 Å². The van der Waals surface area contributed by atoms with E-state index < -0.39 is 8.00 Å². The number of hydrogen-bond acceptors (Lipinski definition) is 2. The van der Waals surface area contributed by atoms with Gasteiger partial charge in [-0.05, 0) is 12.8 Å². The Kier molecular flexibility index (Phi) is 3.47. The molecule has 1 aliphatic rings. The minimum Gasteiger partial charge on any atom is -0.355 e. The third-order valence-electron chi connectivity index (χ3n) is 1.85. The van der Waals surface area contributed by atoms with Crippen LogP contribution in [-0.4, -0.2) is 17.3 Å². The lowest BCUT2D eigenvalue weighted by Gasteiger charge is -2.21. The molecular weight excluding hydrogens is 147 g/mol. The standard InChI is InChI=1S/C7H15O2P/c1-10(8)9-7-5-3-2-4-6-7/h7-8,10H,1-6H2. The lowest BCUT2D eigenvalue weighted by atomic mass is 9.98. The molecule has 1 unspecified atom stereocenters. The predicted molar refractivity (Wildman–Crippen MR) is 45.6 cm³/mol. The first-order valence-electron chi connectivity index (χ1n) is 3.83. The van der Waals surface area contributed by atoms with Crippen LogP contribution in [-0.2, 0) is 4.52 Å². The summed E-state index contributed by atoms with van der Waals surface area (Å²) in [4.78, 5) is 8.87. The maximum atomic E-state index is 8.87. The van der Waals surface area contributed by atoms with Gasteiger partial charge in [0.25, 0.3) is 0 Å². The molecule has 0 bridgehead atoms. The fourth-order valence-corrected chi connectivity index (χ4v) is 2.00. The van der Waals surface area contributed by atoms with E-state index in [1.54, 1.807) is 0 Å². The van der Waals surface area contributed by atoms with Gasteiger partial charge in [-0.2, -0.15) is 0 Å². The van der Waals surface area contributed by atoms with Gasteiger partial charge in [0.15, 0.2) is 0 Å². The molecule has 1 fully saturated rings. The van der Waals surface area contributed by atoms with E-state index in [4.69, 9.17) is 9.42 Å². The number of hydrogen-bond donors (Lipinski definition) is 1. The Balaban J connectivity index is 2.19. The molecule has 0 aromatic heterocycles.